The van der Waals surface area contributed by atoms with Gasteiger partial charge in [-0.1, -0.05) is 6.92 Å². The van der Waals surface area contributed by atoms with Crippen LogP contribution in [0.25, 0.3) is 0 Å². The fraction of sp³-hybridized carbons (Fsp3) is 0.571. The summed E-state index contributed by atoms with van der Waals surface area (Å²) in [4.78, 5) is 5.83. The summed E-state index contributed by atoms with van der Waals surface area (Å²) < 4.78 is 1.96. The van der Waals surface area contributed by atoms with E-state index in [-0.39, 0.29) is 12.1 Å². The van der Waals surface area contributed by atoms with Crippen molar-refractivity contribution in [3.8, 4) is 0 Å². The van der Waals surface area contributed by atoms with E-state index in [1.807, 2.05) is 17.1 Å². The van der Waals surface area contributed by atoms with Gasteiger partial charge >= 0.3 is 0 Å². The van der Waals surface area contributed by atoms with E-state index in [2.05, 4.69) is 49.3 Å². The van der Waals surface area contributed by atoms with Gasteiger partial charge in [-0.05, 0) is 27.2 Å². The first kappa shape index (κ1) is 14.2. The Kier molecular flexibility index (Phi) is 4.71. The Hall–Kier alpha value is -1.20. The van der Waals surface area contributed by atoms with E-state index in [0.29, 0.717) is 0 Å². The van der Waals surface area contributed by atoms with E-state index in [9.17, 15) is 0 Å². The first-order chi connectivity index (χ1) is 9.13. The second-order valence-electron chi connectivity index (χ2n) is 4.76. The number of nitrogens with one attached hydrogen (secondary N) is 1. The van der Waals surface area contributed by atoms with E-state index in [1.54, 1.807) is 11.3 Å². The van der Waals surface area contributed by atoms with Crippen molar-refractivity contribution in [2.45, 2.75) is 52.7 Å². The van der Waals surface area contributed by atoms with Crippen molar-refractivity contribution >= 4 is 11.3 Å². The maximum Gasteiger partial charge on any atom is 0.109 e. The van der Waals surface area contributed by atoms with Gasteiger partial charge in [-0.3, -0.25) is 4.68 Å². The third-order valence-corrected chi connectivity index (χ3v) is 4.59. The molecule has 2 aromatic heterocycles. The van der Waals surface area contributed by atoms with Crippen LogP contribution in [0.5, 0.6) is 0 Å². The summed E-state index contributed by atoms with van der Waals surface area (Å²) in [6.45, 7) is 9.51. The number of aromatic nitrogens is 3. The smallest absolute Gasteiger partial charge is 0.109 e. The Morgan fingerprint density at radius 1 is 1.26 bits per heavy atom. The summed E-state index contributed by atoms with van der Waals surface area (Å²) in [5.74, 6) is 0. The van der Waals surface area contributed by atoms with E-state index >= 15 is 0 Å². The van der Waals surface area contributed by atoms with Gasteiger partial charge in [0, 0.05) is 35.4 Å². The fourth-order valence-corrected chi connectivity index (χ4v) is 2.87. The van der Waals surface area contributed by atoms with Crippen molar-refractivity contribution in [1.82, 2.24) is 20.1 Å². The van der Waals surface area contributed by atoms with Crippen LogP contribution in [0.1, 0.15) is 55.2 Å². The van der Waals surface area contributed by atoms with E-state index in [0.717, 1.165) is 18.0 Å². The lowest BCUT2D eigenvalue weighted by Crippen LogP contribution is -2.22. The van der Waals surface area contributed by atoms with Gasteiger partial charge in [0.25, 0.3) is 0 Å². The van der Waals surface area contributed by atoms with Gasteiger partial charge in [0.05, 0.1) is 12.2 Å². The quantitative estimate of drug-likeness (QED) is 0.881. The van der Waals surface area contributed by atoms with Crippen molar-refractivity contribution in [3.63, 3.8) is 0 Å². The van der Waals surface area contributed by atoms with E-state index in [4.69, 9.17) is 0 Å². The second kappa shape index (κ2) is 6.30. The molecule has 104 valence electrons. The van der Waals surface area contributed by atoms with Crippen molar-refractivity contribution in [2.75, 3.05) is 0 Å². The van der Waals surface area contributed by atoms with Crippen molar-refractivity contribution in [2.24, 2.45) is 0 Å². The minimum atomic E-state index is 0.269. The lowest BCUT2D eigenvalue weighted by molar-refractivity contribution is 0.492. The van der Waals surface area contributed by atoms with Crippen LogP contribution in [-0.4, -0.2) is 14.8 Å². The molecule has 0 saturated carbocycles. The minimum absolute atomic E-state index is 0.269. The molecule has 5 heteroatoms. The van der Waals surface area contributed by atoms with Crippen LogP contribution in [0.4, 0.5) is 0 Å². The molecule has 0 amide bonds. The van der Waals surface area contributed by atoms with E-state index < -0.39 is 0 Å². The highest BCUT2D eigenvalue weighted by Gasteiger charge is 2.15. The Bertz CT molecular complexity index is 471. The second-order valence-corrected chi connectivity index (χ2v) is 5.90. The summed E-state index contributed by atoms with van der Waals surface area (Å²) in [6.07, 6.45) is 7.08. The SMILES string of the molecule is CCc1cnc(C(C)NC(C)c2cnn(CC)c2)s1. The number of aryl methyl sites for hydroxylation is 2. The number of rotatable bonds is 6. The molecule has 0 bridgehead atoms. The lowest BCUT2D eigenvalue weighted by Gasteiger charge is -2.17. The predicted octanol–water partition coefficient (Wildman–Crippen LogP) is 3.33. The number of hydrogen-bond donors (Lipinski definition) is 1. The van der Waals surface area contributed by atoms with Gasteiger partial charge in [0.1, 0.15) is 5.01 Å². The third kappa shape index (κ3) is 3.42. The van der Waals surface area contributed by atoms with Crippen molar-refractivity contribution in [1.29, 1.82) is 0 Å². The predicted molar refractivity (Wildman–Crippen MR) is 79.4 cm³/mol. The molecule has 0 radical (unpaired) electrons. The highest BCUT2D eigenvalue weighted by atomic mass is 32.1. The molecule has 0 aromatic carbocycles. The van der Waals surface area contributed by atoms with Crippen LogP contribution in [0.2, 0.25) is 0 Å². The van der Waals surface area contributed by atoms with Crippen molar-refractivity contribution < 1.29 is 0 Å². The molecule has 2 heterocycles. The summed E-state index contributed by atoms with van der Waals surface area (Å²) >= 11 is 1.79. The molecule has 2 aromatic rings. The normalized spacial score (nSPS) is 14.5. The average molecular weight is 278 g/mol. The van der Waals surface area contributed by atoms with Crippen LogP contribution in [0.3, 0.4) is 0 Å². The first-order valence-corrected chi connectivity index (χ1v) is 7.68. The Balaban J connectivity index is 1.99. The van der Waals surface area contributed by atoms with Crippen LogP contribution in [0, 0.1) is 0 Å². The molecule has 4 nitrogen and oxygen atoms in total. The van der Waals surface area contributed by atoms with Crippen LogP contribution >= 0.6 is 11.3 Å². The molecule has 0 spiro atoms. The Morgan fingerprint density at radius 3 is 2.63 bits per heavy atom. The monoisotopic (exact) mass is 278 g/mol. The summed E-state index contributed by atoms with van der Waals surface area (Å²) in [5, 5.41) is 9.06. The fourth-order valence-electron chi connectivity index (χ4n) is 2.00. The minimum Gasteiger partial charge on any atom is -0.301 e. The average Bonchev–Trinajstić information content (AvgIpc) is 3.07. The molecule has 0 fully saturated rings. The molecule has 0 saturated heterocycles. The molecular formula is C14H22N4S. The molecule has 2 rings (SSSR count). The van der Waals surface area contributed by atoms with Gasteiger partial charge in [-0.2, -0.15) is 5.10 Å². The molecule has 2 atom stereocenters. The number of hydrogen-bond acceptors (Lipinski definition) is 4. The van der Waals surface area contributed by atoms with Gasteiger partial charge < -0.3 is 5.32 Å². The maximum atomic E-state index is 4.49. The highest BCUT2D eigenvalue weighted by molar-refractivity contribution is 7.11. The van der Waals surface area contributed by atoms with Gasteiger partial charge in [-0.15, -0.1) is 11.3 Å². The molecule has 0 aliphatic rings. The zero-order valence-electron chi connectivity index (χ0n) is 12.1. The van der Waals surface area contributed by atoms with Crippen LogP contribution in [0.15, 0.2) is 18.6 Å². The van der Waals surface area contributed by atoms with Crippen LogP contribution < -0.4 is 5.32 Å². The Labute approximate surface area is 118 Å². The van der Waals surface area contributed by atoms with Crippen molar-refractivity contribution in [3.05, 3.63) is 34.0 Å². The number of thiazole rings is 1. The topological polar surface area (TPSA) is 42.7 Å². The Morgan fingerprint density at radius 2 is 2.05 bits per heavy atom. The molecule has 0 aliphatic carbocycles. The maximum absolute atomic E-state index is 4.49. The largest absolute Gasteiger partial charge is 0.301 e. The summed E-state index contributed by atoms with van der Waals surface area (Å²) in [7, 11) is 0. The van der Waals surface area contributed by atoms with Gasteiger partial charge in [0.15, 0.2) is 0 Å². The summed E-state index contributed by atoms with van der Waals surface area (Å²) in [5.41, 5.74) is 1.22. The standard InChI is InChI=1S/C14H22N4S/c1-5-13-8-15-14(19-13)11(4)17-10(3)12-7-16-18(6-2)9-12/h7-11,17H,5-6H2,1-4H3. The third-order valence-electron chi connectivity index (χ3n) is 3.27. The van der Waals surface area contributed by atoms with Crippen LogP contribution in [-0.2, 0) is 13.0 Å². The van der Waals surface area contributed by atoms with Gasteiger partial charge in [0.2, 0.25) is 0 Å². The molecule has 2 unspecified atom stereocenters. The molecule has 0 aliphatic heterocycles. The van der Waals surface area contributed by atoms with Gasteiger partial charge in [-0.25, -0.2) is 4.98 Å². The lowest BCUT2D eigenvalue weighted by atomic mass is 10.1. The highest BCUT2D eigenvalue weighted by Crippen LogP contribution is 2.23. The molecular weight excluding hydrogens is 256 g/mol. The summed E-state index contributed by atoms with van der Waals surface area (Å²) in [6, 6.07) is 0.551. The zero-order valence-corrected chi connectivity index (χ0v) is 12.9. The first-order valence-electron chi connectivity index (χ1n) is 6.87. The molecule has 1 N–H and O–H groups in total. The molecule has 19 heavy (non-hydrogen) atoms. The number of nitrogens with zero attached hydrogens (tertiary/aromatic N) is 3. The zero-order chi connectivity index (χ0) is 13.8. The van der Waals surface area contributed by atoms with E-state index in [1.165, 1.54) is 10.4 Å².